The lowest BCUT2D eigenvalue weighted by Gasteiger charge is -2.29. The highest BCUT2D eigenvalue weighted by Crippen LogP contribution is 2.29. The van der Waals surface area contributed by atoms with E-state index in [9.17, 15) is 0 Å². The summed E-state index contributed by atoms with van der Waals surface area (Å²) in [6.07, 6.45) is 4.92. The number of aromatic nitrogens is 4. The first-order valence-electron chi connectivity index (χ1n) is 5.87. The summed E-state index contributed by atoms with van der Waals surface area (Å²) in [4.78, 5) is 4.38. The highest BCUT2D eigenvalue weighted by Gasteiger charge is 2.35. The van der Waals surface area contributed by atoms with E-state index in [2.05, 4.69) is 15.2 Å². The third kappa shape index (κ3) is 1.91. The summed E-state index contributed by atoms with van der Waals surface area (Å²) in [6, 6.07) is 0. The maximum absolute atomic E-state index is 6.28. The lowest BCUT2D eigenvalue weighted by atomic mass is 9.91. The molecule has 18 heavy (non-hydrogen) atoms. The van der Waals surface area contributed by atoms with Crippen LogP contribution in [0.4, 0.5) is 0 Å². The maximum Gasteiger partial charge on any atom is 0.247 e. The Kier molecular flexibility index (Phi) is 2.64. The summed E-state index contributed by atoms with van der Waals surface area (Å²) < 4.78 is 12.3. The molecule has 0 aromatic carbocycles. The number of ether oxygens (including phenoxy) is 1. The number of hydrogen-bond acceptors (Lipinski definition) is 6. The molecule has 3 rings (SSSR count). The molecule has 0 atom stereocenters. The van der Waals surface area contributed by atoms with Gasteiger partial charge in [-0.15, -0.1) is 0 Å². The molecule has 0 spiro atoms. The van der Waals surface area contributed by atoms with Crippen molar-refractivity contribution >= 4 is 0 Å². The first-order chi connectivity index (χ1) is 8.67. The van der Waals surface area contributed by atoms with Crippen molar-refractivity contribution < 1.29 is 9.26 Å². The zero-order chi connectivity index (χ0) is 12.6. The minimum absolute atomic E-state index is 0.477. The third-order valence-corrected chi connectivity index (χ3v) is 3.20. The highest BCUT2D eigenvalue weighted by molar-refractivity contribution is 5.51. The van der Waals surface area contributed by atoms with Gasteiger partial charge in [0.2, 0.25) is 11.7 Å². The molecule has 2 N–H and O–H groups in total. The molecular formula is C11H15N5O2. The quantitative estimate of drug-likeness (QED) is 0.830. The van der Waals surface area contributed by atoms with Gasteiger partial charge in [-0.3, -0.25) is 4.68 Å². The van der Waals surface area contributed by atoms with E-state index in [0.717, 1.165) is 5.56 Å². The predicted molar refractivity (Wildman–Crippen MR) is 62.4 cm³/mol. The first kappa shape index (κ1) is 11.4. The first-order valence-corrected chi connectivity index (χ1v) is 5.87. The Morgan fingerprint density at radius 2 is 2.17 bits per heavy atom. The zero-order valence-corrected chi connectivity index (χ0v) is 10.2. The van der Waals surface area contributed by atoms with E-state index in [4.69, 9.17) is 15.0 Å². The van der Waals surface area contributed by atoms with Gasteiger partial charge < -0.3 is 15.0 Å². The fourth-order valence-electron chi connectivity index (χ4n) is 2.03. The predicted octanol–water partition coefficient (Wildman–Crippen LogP) is 0.434. The van der Waals surface area contributed by atoms with Crippen molar-refractivity contribution in [1.29, 1.82) is 0 Å². The van der Waals surface area contributed by atoms with Crippen LogP contribution in [0.3, 0.4) is 0 Å². The SMILES string of the molecule is Cn1cc(-c2noc(C3(N)CCOCC3)n2)cn1. The highest BCUT2D eigenvalue weighted by atomic mass is 16.5. The average molecular weight is 249 g/mol. The second-order valence-electron chi connectivity index (χ2n) is 4.59. The lowest BCUT2D eigenvalue weighted by Crippen LogP contribution is -2.42. The van der Waals surface area contributed by atoms with Gasteiger partial charge in [0.15, 0.2) is 0 Å². The van der Waals surface area contributed by atoms with Gasteiger partial charge in [0.1, 0.15) is 5.54 Å². The van der Waals surface area contributed by atoms with E-state index < -0.39 is 5.54 Å². The van der Waals surface area contributed by atoms with Gasteiger partial charge in [0, 0.05) is 26.5 Å². The Morgan fingerprint density at radius 3 is 2.83 bits per heavy atom. The topological polar surface area (TPSA) is 92.0 Å². The Balaban J connectivity index is 1.89. The molecule has 1 aliphatic heterocycles. The van der Waals surface area contributed by atoms with Crippen molar-refractivity contribution in [2.45, 2.75) is 18.4 Å². The molecule has 3 heterocycles. The summed E-state index contributed by atoms with van der Waals surface area (Å²) in [7, 11) is 1.84. The van der Waals surface area contributed by atoms with Crippen LogP contribution in [0.1, 0.15) is 18.7 Å². The van der Waals surface area contributed by atoms with Gasteiger partial charge in [-0.1, -0.05) is 5.16 Å². The summed E-state index contributed by atoms with van der Waals surface area (Å²) in [5, 5.41) is 8.04. The van der Waals surface area contributed by atoms with E-state index in [1.54, 1.807) is 10.9 Å². The standard InChI is InChI=1S/C11H15N5O2/c1-16-7-8(6-13-16)9-14-10(18-15-9)11(12)2-4-17-5-3-11/h6-7H,2-5,12H2,1H3. The number of aryl methyl sites for hydroxylation is 1. The average Bonchev–Trinajstić information content (AvgIpc) is 2.98. The molecule has 0 amide bonds. The molecule has 0 saturated carbocycles. The van der Waals surface area contributed by atoms with E-state index in [-0.39, 0.29) is 0 Å². The Morgan fingerprint density at radius 1 is 1.39 bits per heavy atom. The number of rotatable bonds is 2. The van der Waals surface area contributed by atoms with Crippen molar-refractivity contribution in [2.24, 2.45) is 12.8 Å². The maximum atomic E-state index is 6.28. The normalized spacial score (nSPS) is 19.0. The summed E-state index contributed by atoms with van der Waals surface area (Å²) in [5.74, 6) is 0.999. The molecule has 7 nitrogen and oxygen atoms in total. The molecule has 1 fully saturated rings. The van der Waals surface area contributed by atoms with Crippen molar-refractivity contribution in [2.75, 3.05) is 13.2 Å². The minimum atomic E-state index is -0.564. The van der Waals surface area contributed by atoms with Gasteiger partial charge >= 0.3 is 0 Å². The fraction of sp³-hybridized carbons (Fsp3) is 0.545. The van der Waals surface area contributed by atoms with Crippen LogP contribution >= 0.6 is 0 Å². The smallest absolute Gasteiger partial charge is 0.247 e. The summed E-state index contributed by atoms with van der Waals surface area (Å²) in [6.45, 7) is 1.25. The van der Waals surface area contributed by atoms with E-state index in [1.807, 2.05) is 13.2 Å². The molecule has 1 saturated heterocycles. The Labute approximate surface area is 104 Å². The van der Waals surface area contributed by atoms with Gasteiger partial charge in [-0.25, -0.2) is 0 Å². The largest absolute Gasteiger partial charge is 0.381 e. The van der Waals surface area contributed by atoms with Gasteiger partial charge in [-0.05, 0) is 12.8 Å². The lowest BCUT2D eigenvalue weighted by molar-refractivity contribution is 0.0400. The van der Waals surface area contributed by atoms with Crippen LogP contribution in [-0.2, 0) is 17.3 Å². The van der Waals surface area contributed by atoms with Crippen molar-refractivity contribution in [3.8, 4) is 11.4 Å². The zero-order valence-electron chi connectivity index (χ0n) is 10.2. The van der Waals surface area contributed by atoms with Gasteiger partial charge in [0.05, 0.1) is 11.8 Å². The monoisotopic (exact) mass is 249 g/mol. The number of hydrogen-bond donors (Lipinski definition) is 1. The molecule has 1 aliphatic rings. The van der Waals surface area contributed by atoms with Crippen molar-refractivity contribution in [1.82, 2.24) is 19.9 Å². The summed E-state index contributed by atoms with van der Waals surface area (Å²) in [5.41, 5.74) is 6.54. The fourth-order valence-corrected chi connectivity index (χ4v) is 2.03. The second kappa shape index (κ2) is 4.18. The van der Waals surface area contributed by atoms with Crippen LogP contribution in [0.2, 0.25) is 0 Å². The van der Waals surface area contributed by atoms with Crippen LogP contribution < -0.4 is 5.73 Å². The summed E-state index contributed by atoms with van der Waals surface area (Å²) >= 11 is 0. The van der Waals surface area contributed by atoms with Crippen LogP contribution in [0.5, 0.6) is 0 Å². The van der Waals surface area contributed by atoms with Crippen molar-refractivity contribution in [3.05, 3.63) is 18.3 Å². The van der Waals surface area contributed by atoms with Crippen LogP contribution in [-0.4, -0.2) is 33.1 Å². The van der Waals surface area contributed by atoms with Gasteiger partial charge in [-0.2, -0.15) is 10.1 Å². The molecular weight excluding hydrogens is 234 g/mol. The molecule has 0 bridgehead atoms. The molecule has 7 heteroatoms. The third-order valence-electron chi connectivity index (χ3n) is 3.20. The van der Waals surface area contributed by atoms with E-state index in [0.29, 0.717) is 37.8 Å². The molecule has 0 aliphatic carbocycles. The molecule has 2 aromatic heterocycles. The number of nitrogens with two attached hydrogens (primary N) is 1. The van der Waals surface area contributed by atoms with Crippen molar-refractivity contribution in [3.63, 3.8) is 0 Å². The number of nitrogens with zero attached hydrogens (tertiary/aromatic N) is 4. The Hall–Kier alpha value is -1.73. The second-order valence-corrected chi connectivity index (χ2v) is 4.59. The minimum Gasteiger partial charge on any atom is -0.381 e. The van der Waals surface area contributed by atoms with E-state index >= 15 is 0 Å². The van der Waals surface area contributed by atoms with Crippen LogP contribution in [0.25, 0.3) is 11.4 Å². The Bertz CT molecular complexity index is 541. The van der Waals surface area contributed by atoms with E-state index in [1.165, 1.54) is 0 Å². The molecule has 0 radical (unpaired) electrons. The van der Waals surface area contributed by atoms with Crippen LogP contribution in [0, 0.1) is 0 Å². The molecule has 96 valence electrons. The van der Waals surface area contributed by atoms with Gasteiger partial charge in [0.25, 0.3) is 0 Å². The molecule has 0 unspecified atom stereocenters. The molecule has 2 aromatic rings. The van der Waals surface area contributed by atoms with Crippen LogP contribution in [0.15, 0.2) is 16.9 Å².